The number of ether oxygens (including phenoxy) is 1. The summed E-state index contributed by atoms with van der Waals surface area (Å²) in [4.78, 5) is 17.8. The molecular weight excluding hydrogens is 593 g/mol. The zero-order chi connectivity index (χ0) is 31.0. The van der Waals surface area contributed by atoms with Crippen molar-refractivity contribution in [1.29, 1.82) is 0 Å². The summed E-state index contributed by atoms with van der Waals surface area (Å²) in [5.74, 6) is -3.02. The van der Waals surface area contributed by atoms with Gasteiger partial charge >= 0.3 is 6.01 Å². The average Bonchev–Trinajstić information content (AvgIpc) is 3.59. The van der Waals surface area contributed by atoms with Crippen molar-refractivity contribution < 1.29 is 26.7 Å². The van der Waals surface area contributed by atoms with Gasteiger partial charge in [0, 0.05) is 16.6 Å². The van der Waals surface area contributed by atoms with Gasteiger partial charge in [-0.2, -0.15) is 9.97 Å². The van der Waals surface area contributed by atoms with Crippen molar-refractivity contribution in [3.63, 3.8) is 0 Å². The number of nitrogens with two attached hydrogens (primary N) is 1. The molecule has 3 unspecified atom stereocenters. The van der Waals surface area contributed by atoms with Crippen LogP contribution in [0.4, 0.5) is 33.5 Å². The molecule has 3 atom stereocenters. The SMILES string of the molecule is Nc1cc(-c2nc3c4c(nc(OCC56CCCN5CCC6)nc4c2F)N2CC(F)NC(F)C2CCC3)c2c(F)c(F)ccc2c1. The van der Waals surface area contributed by atoms with E-state index >= 15 is 13.2 Å². The summed E-state index contributed by atoms with van der Waals surface area (Å²) in [6.45, 7) is 2.02. The lowest BCUT2D eigenvalue weighted by atomic mass is 9.95. The van der Waals surface area contributed by atoms with Crippen molar-refractivity contribution in [2.75, 3.05) is 36.9 Å². The van der Waals surface area contributed by atoms with Gasteiger partial charge in [0.1, 0.15) is 23.6 Å². The molecular formula is C32H32F5N7O. The summed E-state index contributed by atoms with van der Waals surface area (Å²) in [5.41, 5.74) is 6.11. The number of hydrogen-bond acceptors (Lipinski definition) is 8. The molecule has 8 rings (SSSR count). The predicted octanol–water partition coefficient (Wildman–Crippen LogP) is 5.56. The maximum atomic E-state index is 16.9. The topological polar surface area (TPSA) is 92.4 Å². The second-order valence-electron chi connectivity index (χ2n) is 12.7. The molecule has 3 fully saturated rings. The van der Waals surface area contributed by atoms with Crippen molar-refractivity contribution in [1.82, 2.24) is 25.2 Å². The highest BCUT2D eigenvalue weighted by molar-refractivity contribution is 6.02. The van der Waals surface area contributed by atoms with Crippen LogP contribution in [0.1, 0.15) is 44.2 Å². The minimum Gasteiger partial charge on any atom is -0.461 e. The van der Waals surface area contributed by atoms with Crippen LogP contribution in [0.3, 0.4) is 0 Å². The van der Waals surface area contributed by atoms with E-state index in [0.717, 1.165) is 44.8 Å². The van der Waals surface area contributed by atoms with Crippen LogP contribution in [0, 0.1) is 17.5 Å². The third kappa shape index (κ3) is 4.57. The molecule has 3 saturated heterocycles. The van der Waals surface area contributed by atoms with E-state index in [1.54, 1.807) is 0 Å². The third-order valence-electron chi connectivity index (χ3n) is 10.0. The first-order chi connectivity index (χ1) is 21.7. The molecule has 8 nitrogen and oxygen atoms in total. The Labute approximate surface area is 255 Å². The van der Waals surface area contributed by atoms with Crippen molar-refractivity contribution in [2.45, 2.75) is 69.1 Å². The molecule has 6 heterocycles. The Bertz CT molecular complexity index is 1830. The van der Waals surface area contributed by atoms with Gasteiger partial charge in [-0.3, -0.25) is 10.2 Å². The monoisotopic (exact) mass is 625 g/mol. The number of fused-ring (bicyclic) bond motifs is 4. The van der Waals surface area contributed by atoms with E-state index in [9.17, 15) is 8.78 Å². The van der Waals surface area contributed by atoms with Gasteiger partial charge in [-0.25, -0.2) is 26.9 Å². The van der Waals surface area contributed by atoms with Gasteiger partial charge in [-0.15, -0.1) is 0 Å². The van der Waals surface area contributed by atoms with Gasteiger partial charge in [0.25, 0.3) is 0 Å². The second kappa shape index (κ2) is 10.6. The quantitative estimate of drug-likeness (QED) is 0.173. The molecule has 2 aromatic carbocycles. The number of benzene rings is 2. The molecule has 4 aliphatic rings. The van der Waals surface area contributed by atoms with Gasteiger partial charge in [0.05, 0.1) is 29.2 Å². The van der Waals surface area contributed by atoms with Crippen LogP contribution >= 0.6 is 0 Å². The Morgan fingerprint density at radius 1 is 0.978 bits per heavy atom. The maximum Gasteiger partial charge on any atom is 0.319 e. The molecule has 4 aliphatic heterocycles. The lowest BCUT2D eigenvalue weighted by Crippen LogP contribution is -2.60. The van der Waals surface area contributed by atoms with Gasteiger partial charge < -0.3 is 15.4 Å². The van der Waals surface area contributed by atoms with E-state index in [1.165, 1.54) is 23.1 Å². The largest absolute Gasteiger partial charge is 0.461 e. The number of alkyl halides is 2. The Hall–Kier alpha value is -3.84. The Balaban J connectivity index is 1.35. The molecule has 0 spiro atoms. The number of pyridine rings is 1. The smallest absolute Gasteiger partial charge is 0.319 e. The highest BCUT2D eigenvalue weighted by Crippen LogP contribution is 2.43. The van der Waals surface area contributed by atoms with Crippen LogP contribution in [0.15, 0.2) is 24.3 Å². The first-order valence-electron chi connectivity index (χ1n) is 15.5. The number of piperazine rings is 1. The lowest BCUT2D eigenvalue weighted by Gasteiger charge is -2.42. The van der Waals surface area contributed by atoms with Crippen LogP contribution in [0.2, 0.25) is 0 Å². The van der Waals surface area contributed by atoms with Crippen LogP contribution < -0.4 is 20.7 Å². The first kappa shape index (κ1) is 28.6. The normalized spacial score (nSPS) is 24.5. The molecule has 3 N–H and O–H groups in total. The van der Waals surface area contributed by atoms with E-state index in [4.69, 9.17) is 10.5 Å². The van der Waals surface area contributed by atoms with Gasteiger partial charge in [-0.1, -0.05) is 6.07 Å². The minimum atomic E-state index is -1.69. The minimum absolute atomic E-state index is 0.0264. The average molecular weight is 626 g/mol. The van der Waals surface area contributed by atoms with E-state index in [2.05, 4.69) is 25.2 Å². The molecule has 45 heavy (non-hydrogen) atoms. The zero-order valence-corrected chi connectivity index (χ0v) is 24.4. The number of aromatic nitrogens is 3. The van der Waals surface area contributed by atoms with Crippen LogP contribution in [-0.2, 0) is 6.42 Å². The summed E-state index contributed by atoms with van der Waals surface area (Å²) in [5, 5.41) is 2.67. The lowest BCUT2D eigenvalue weighted by molar-refractivity contribution is 0.102. The Morgan fingerprint density at radius 3 is 2.58 bits per heavy atom. The van der Waals surface area contributed by atoms with Crippen molar-refractivity contribution in [3.05, 3.63) is 47.4 Å². The van der Waals surface area contributed by atoms with Gasteiger partial charge in [-0.05, 0) is 81.6 Å². The van der Waals surface area contributed by atoms with E-state index < -0.39 is 36.1 Å². The zero-order valence-electron chi connectivity index (χ0n) is 24.4. The fraction of sp³-hybridized carbons (Fsp3) is 0.469. The Morgan fingerprint density at radius 2 is 1.78 bits per heavy atom. The van der Waals surface area contributed by atoms with Gasteiger partial charge in [0.15, 0.2) is 30.0 Å². The number of aryl methyl sites for hydroxylation is 1. The number of anilines is 2. The number of nitrogens with zero attached hydrogens (tertiary/aromatic N) is 5. The van der Waals surface area contributed by atoms with Crippen LogP contribution in [-0.4, -0.2) is 70.3 Å². The number of hydrogen-bond donors (Lipinski definition) is 2. The summed E-state index contributed by atoms with van der Waals surface area (Å²) in [7, 11) is 0. The van der Waals surface area contributed by atoms with Crippen LogP contribution in [0.5, 0.6) is 6.01 Å². The first-order valence-corrected chi connectivity index (χ1v) is 15.5. The molecule has 0 amide bonds. The van der Waals surface area contributed by atoms with E-state index in [-0.39, 0.29) is 69.1 Å². The van der Waals surface area contributed by atoms with Crippen molar-refractivity contribution >= 4 is 33.2 Å². The molecule has 0 bridgehead atoms. The number of nitrogen functional groups attached to an aromatic ring is 1. The molecule has 13 heteroatoms. The summed E-state index contributed by atoms with van der Waals surface area (Å²) < 4.78 is 82.8. The number of halogens is 5. The summed E-state index contributed by atoms with van der Waals surface area (Å²) in [6.07, 6.45) is 1.72. The number of rotatable bonds is 4. The van der Waals surface area contributed by atoms with Crippen molar-refractivity contribution in [2.24, 2.45) is 0 Å². The summed E-state index contributed by atoms with van der Waals surface area (Å²) in [6, 6.07) is 4.32. The molecule has 0 radical (unpaired) electrons. The third-order valence-corrected chi connectivity index (χ3v) is 10.0. The van der Waals surface area contributed by atoms with Crippen LogP contribution in [0.25, 0.3) is 32.9 Å². The van der Waals surface area contributed by atoms with Gasteiger partial charge in [0.2, 0.25) is 0 Å². The fourth-order valence-electron chi connectivity index (χ4n) is 7.93. The molecule has 0 saturated carbocycles. The molecule has 4 aromatic rings. The Kier molecular flexibility index (Phi) is 6.75. The molecule has 0 aliphatic carbocycles. The van der Waals surface area contributed by atoms with Crippen molar-refractivity contribution in [3.8, 4) is 17.3 Å². The molecule has 236 valence electrons. The standard InChI is InChI=1S/C32H32F5N7O/c33-19-7-6-16-12-17(38)13-18(23(16)25(19)35)27-26(36)28-24-20(39-27)4-1-5-21-29(37)40-22(34)14-44(21)30(24)42-31(41-28)45-15-32-8-2-10-43(32)11-3-9-32/h6-7,12-13,21-22,29,40H,1-5,8-11,14-15,38H2. The maximum absolute atomic E-state index is 16.9. The second-order valence-corrected chi connectivity index (χ2v) is 12.7. The van der Waals surface area contributed by atoms with E-state index in [1.807, 2.05) is 0 Å². The molecule has 2 aromatic heterocycles. The fourth-order valence-corrected chi connectivity index (χ4v) is 7.93. The number of nitrogens with one attached hydrogen (secondary N) is 1. The van der Waals surface area contributed by atoms with E-state index in [0.29, 0.717) is 25.0 Å². The predicted molar refractivity (Wildman–Crippen MR) is 160 cm³/mol. The highest BCUT2D eigenvalue weighted by atomic mass is 19.2. The summed E-state index contributed by atoms with van der Waals surface area (Å²) >= 11 is 0. The highest BCUT2D eigenvalue weighted by Gasteiger charge is 2.45.